The molecule has 3 nitrogen and oxygen atoms in total. The number of carbonyl (C=O) groups is 1. The maximum absolute atomic E-state index is 12.3. The summed E-state index contributed by atoms with van der Waals surface area (Å²) in [5.74, 6) is 3.10. The van der Waals surface area contributed by atoms with E-state index in [1.807, 2.05) is 6.92 Å². The molecule has 0 aromatic carbocycles. The molecule has 5 rings (SSSR count). The topological polar surface area (TPSA) is 29.5 Å². The minimum absolute atomic E-state index is 0.262. The second kappa shape index (κ2) is 6.72. The van der Waals surface area contributed by atoms with Crippen molar-refractivity contribution in [3.05, 3.63) is 23.4 Å². The molecule has 0 spiro atoms. The van der Waals surface area contributed by atoms with Crippen LogP contribution < -0.4 is 0 Å². The molecule has 0 aromatic heterocycles. The zero-order valence-electron chi connectivity index (χ0n) is 18.0. The lowest BCUT2D eigenvalue weighted by atomic mass is 9.48. The van der Waals surface area contributed by atoms with Gasteiger partial charge in [-0.15, -0.1) is 0 Å². The second-order valence-electron chi connectivity index (χ2n) is 10.7. The van der Waals surface area contributed by atoms with E-state index in [0.717, 1.165) is 50.5 Å². The van der Waals surface area contributed by atoms with Crippen LogP contribution in [0.1, 0.15) is 65.7 Å². The van der Waals surface area contributed by atoms with E-state index in [1.165, 1.54) is 38.5 Å². The number of ether oxygens (including phenoxy) is 1. The number of ketones is 1. The quantitative estimate of drug-likeness (QED) is 0.673. The summed E-state index contributed by atoms with van der Waals surface area (Å²) in [5.41, 5.74) is 3.77. The van der Waals surface area contributed by atoms with Crippen molar-refractivity contribution >= 4 is 5.78 Å². The van der Waals surface area contributed by atoms with Crippen molar-refractivity contribution in [2.45, 2.75) is 65.7 Å². The summed E-state index contributed by atoms with van der Waals surface area (Å²) in [6.07, 6.45) is 13.9. The third-order valence-corrected chi connectivity index (χ3v) is 9.66. The van der Waals surface area contributed by atoms with Crippen LogP contribution in [0.2, 0.25) is 0 Å². The maximum Gasteiger partial charge on any atom is 0.133 e. The highest BCUT2D eigenvalue weighted by atomic mass is 16.5. The fourth-order valence-electron chi connectivity index (χ4n) is 8.08. The number of carbonyl (C=O) groups excluding carboxylic acids is 1. The second-order valence-corrected chi connectivity index (χ2v) is 10.7. The van der Waals surface area contributed by atoms with Crippen molar-refractivity contribution in [2.75, 3.05) is 26.3 Å². The first-order valence-electron chi connectivity index (χ1n) is 11.7. The van der Waals surface area contributed by atoms with E-state index < -0.39 is 0 Å². The molecule has 3 fully saturated rings. The molecule has 28 heavy (non-hydrogen) atoms. The summed E-state index contributed by atoms with van der Waals surface area (Å²) in [7, 11) is 0. The van der Waals surface area contributed by atoms with Crippen LogP contribution in [0.4, 0.5) is 0 Å². The van der Waals surface area contributed by atoms with Gasteiger partial charge in [0.1, 0.15) is 5.78 Å². The van der Waals surface area contributed by atoms with E-state index in [4.69, 9.17) is 4.74 Å². The number of rotatable bonds is 2. The Labute approximate surface area is 170 Å². The first-order valence-corrected chi connectivity index (χ1v) is 11.7. The number of morpholine rings is 1. The molecule has 0 bridgehead atoms. The number of hydrogen-bond donors (Lipinski definition) is 0. The lowest BCUT2D eigenvalue weighted by molar-refractivity contribution is -0.127. The molecule has 0 N–H and O–H groups in total. The van der Waals surface area contributed by atoms with E-state index in [2.05, 4.69) is 30.9 Å². The molecule has 0 radical (unpaired) electrons. The number of fused-ring (bicyclic) bond motifs is 5. The van der Waals surface area contributed by atoms with Crippen molar-refractivity contribution in [3.8, 4) is 0 Å². The van der Waals surface area contributed by atoms with E-state index in [9.17, 15) is 4.79 Å². The first kappa shape index (κ1) is 18.9. The summed E-state index contributed by atoms with van der Waals surface area (Å²) in [6, 6.07) is 0. The van der Waals surface area contributed by atoms with E-state index in [-0.39, 0.29) is 5.41 Å². The van der Waals surface area contributed by atoms with Gasteiger partial charge in [0.15, 0.2) is 0 Å². The van der Waals surface area contributed by atoms with Gasteiger partial charge in [-0.1, -0.05) is 19.9 Å². The van der Waals surface area contributed by atoms with Gasteiger partial charge in [-0.05, 0) is 92.1 Å². The standard InChI is InChI=1S/C25H37NO2/c1-17(27)21-6-7-22-20-5-4-18-16-19(26-12-14-28-15-13-26)8-10-24(18,2)23(20)9-11-25(21,22)3/h4,16,20-23H,5-15H2,1-3H3/t20-,21+,22-,23-,24-,25+/m0/s1. The Balaban J connectivity index is 1.42. The summed E-state index contributed by atoms with van der Waals surface area (Å²) >= 11 is 0. The Bertz CT molecular complexity index is 718. The fourth-order valence-corrected chi connectivity index (χ4v) is 8.08. The highest BCUT2D eigenvalue weighted by Gasteiger charge is 2.59. The van der Waals surface area contributed by atoms with Gasteiger partial charge in [-0.2, -0.15) is 0 Å². The van der Waals surface area contributed by atoms with Gasteiger partial charge < -0.3 is 9.64 Å². The molecular weight excluding hydrogens is 346 g/mol. The summed E-state index contributed by atoms with van der Waals surface area (Å²) in [4.78, 5) is 14.9. The van der Waals surface area contributed by atoms with Crippen LogP contribution in [0, 0.1) is 34.5 Å². The summed E-state index contributed by atoms with van der Waals surface area (Å²) < 4.78 is 5.56. The Morgan fingerprint density at radius 1 is 1.11 bits per heavy atom. The number of Topliss-reactive ketones (excluding diaryl/α,β-unsaturated/α-hetero) is 1. The van der Waals surface area contributed by atoms with Crippen LogP contribution in [0.5, 0.6) is 0 Å². The van der Waals surface area contributed by atoms with Gasteiger partial charge >= 0.3 is 0 Å². The fraction of sp³-hybridized carbons (Fsp3) is 0.800. The van der Waals surface area contributed by atoms with Gasteiger partial charge in [0.05, 0.1) is 13.2 Å². The largest absolute Gasteiger partial charge is 0.378 e. The van der Waals surface area contributed by atoms with E-state index >= 15 is 0 Å². The van der Waals surface area contributed by atoms with Gasteiger partial charge in [0.25, 0.3) is 0 Å². The van der Waals surface area contributed by atoms with Gasteiger partial charge in [-0.3, -0.25) is 4.79 Å². The maximum atomic E-state index is 12.3. The molecule has 6 atom stereocenters. The van der Waals surface area contributed by atoms with Crippen LogP contribution in [-0.4, -0.2) is 37.0 Å². The Morgan fingerprint density at radius 3 is 2.64 bits per heavy atom. The predicted octanol–water partition coefficient (Wildman–Crippen LogP) is 4.98. The SMILES string of the molecule is CC(=O)[C@H]1CC[C@H]2[C@@H]3CC=C4C=C(N5CCOCC5)CC[C@]4(C)[C@H]3CC[C@]12C. The lowest BCUT2D eigenvalue weighted by Crippen LogP contribution is -2.50. The van der Waals surface area contributed by atoms with Crippen molar-refractivity contribution in [1.29, 1.82) is 0 Å². The van der Waals surface area contributed by atoms with Crippen LogP contribution in [0.15, 0.2) is 23.4 Å². The number of allylic oxidation sites excluding steroid dienone is 4. The highest BCUT2D eigenvalue weighted by Crippen LogP contribution is 2.66. The summed E-state index contributed by atoms with van der Waals surface area (Å²) in [6.45, 7) is 10.7. The molecule has 0 unspecified atom stereocenters. The van der Waals surface area contributed by atoms with Crippen LogP contribution in [0.3, 0.4) is 0 Å². The van der Waals surface area contributed by atoms with Crippen LogP contribution in [0.25, 0.3) is 0 Å². The van der Waals surface area contributed by atoms with Crippen LogP contribution >= 0.6 is 0 Å². The predicted molar refractivity (Wildman–Crippen MR) is 112 cm³/mol. The first-order chi connectivity index (χ1) is 13.4. The molecule has 3 heteroatoms. The monoisotopic (exact) mass is 383 g/mol. The normalized spacial score (nSPS) is 45.5. The molecule has 1 aliphatic heterocycles. The molecule has 1 heterocycles. The molecule has 5 aliphatic rings. The summed E-state index contributed by atoms with van der Waals surface area (Å²) in [5, 5.41) is 0. The molecular formula is C25H37NO2. The Hall–Kier alpha value is -1.09. The van der Waals surface area contributed by atoms with Gasteiger partial charge in [0.2, 0.25) is 0 Å². The minimum Gasteiger partial charge on any atom is -0.378 e. The van der Waals surface area contributed by atoms with Gasteiger partial charge in [-0.25, -0.2) is 0 Å². The zero-order chi connectivity index (χ0) is 19.5. The Morgan fingerprint density at radius 2 is 1.89 bits per heavy atom. The lowest BCUT2D eigenvalue weighted by Gasteiger charge is -2.57. The van der Waals surface area contributed by atoms with Crippen molar-refractivity contribution < 1.29 is 9.53 Å². The smallest absolute Gasteiger partial charge is 0.133 e. The van der Waals surface area contributed by atoms with Crippen molar-refractivity contribution in [3.63, 3.8) is 0 Å². The van der Waals surface area contributed by atoms with Crippen LogP contribution in [-0.2, 0) is 9.53 Å². The Kier molecular flexibility index (Phi) is 4.54. The molecule has 1 saturated heterocycles. The molecule has 0 amide bonds. The third kappa shape index (κ3) is 2.68. The zero-order valence-corrected chi connectivity index (χ0v) is 18.0. The minimum atomic E-state index is 0.262. The molecule has 4 aliphatic carbocycles. The van der Waals surface area contributed by atoms with Crippen molar-refractivity contribution in [2.24, 2.45) is 34.5 Å². The molecule has 154 valence electrons. The average molecular weight is 384 g/mol. The molecule has 2 saturated carbocycles. The number of hydrogen-bond acceptors (Lipinski definition) is 3. The third-order valence-electron chi connectivity index (χ3n) is 9.66. The van der Waals surface area contributed by atoms with E-state index in [1.54, 1.807) is 11.3 Å². The highest BCUT2D eigenvalue weighted by molar-refractivity contribution is 5.79. The number of nitrogens with zero attached hydrogens (tertiary/aromatic N) is 1. The average Bonchev–Trinajstić information content (AvgIpc) is 3.05. The van der Waals surface area contributed by atoms with Gasteiger partial charge in [0, 0.05) is 24.7 Å². The molecule has 0 aromatic rings. The van der Waals surface area contributed by atoms with Crippen molar-refractivity contribution in [1.82, 2.24) is 4.90 Å². The van der Waals surface area contributed by atoms with E-state index in [0.29, 0.717) is 17.1 Å².